The molecule has 0 unspecified atom stereocenters. The number of rotatable bonds is 3. The van der Waals surface area contributed by atoms with Crippen LogP contribution in [0.1, 0.15) is 15.9 Å². The first-order valence-electron chi connectivity index (χ1n) is 5.37. The van der Waals surface area contributed by atoms with E-state index in [1.165, 1.54) is 19.2 Å². The Morgan fingerprint density at radius 3 is 2.16 bits per heavy atom. The van der Waals surface area contributed by atoms with Gasteiger partial charge in [-0.25, -0.2) is 13.2 Å². The van der Waals surface area contributed by atoms with Gasteiger partial charge >= 0.3 is 0 Å². The first kappa shape index (κ1) is 13.1. The molecule has 0 bridgehead atoms. The molecule has 0 spiro atoms. The van der Waals surface area contributed by atoms with Crippen LogP contribution >= 0.6 is 0 Å². The van der Waals surface area contributed by atoms with Crippen molar-refractivity contribution in [3.05, 3.63) is 65.0 Å². The maximum Gasteiger partial charge on any atom is 0.199 e. The molecule has 0 fully saturated rings. The average molecular weight is 266 g/mol. The van der Waals surface area contributed by atoms with Gasteiger partial charge in [-0.1, -0.05) is 6.07 Å². The van der Waals surface area contributed by atoms with E-state index in [-0.39, 0.29) is 11.3 Å². The standard InChI is InChI=1S/C14H9F3O2/c1-19-12-6-5-8(7-11(12)17)14(18)13-9(15)3-2-4-10(13)16/h2-7H,1H3. The number of hydrogen-bond acceptors (Lipinski definition) is 2. The Labute approximate surface area is 107 Å². The molecule has 98 valence electrons. The fourth-order valence-corrected chi connectivity index (χ4v) is 1.67. The number of ether oxygens (including phenoxy) is 1. The van der Waals surface area contributed by atoms with Gasteiger partial charge in [-0.05, 0) is 30.3 Å². The molecule has 5 heteroatoms. The number of hydrogen-bond donors (Lipinski definition) is 0. The lowest BCUT2D eigenvalue weighted by atomic mass is 10.0. The Morgan fingerprint density at radius 2 is 1.63 bits per heavy atom. The zero-order valence-corrected chi connectivity index (χ0v) is 9.91. The molecule has 0 heterocycles. The molecule has 2 aromatic rings. The van der Waals surface area contributed by atoms with Crippen molar-refractivity contribution < 1.29 is 22.7 Å². The van der Waals surface area contributed by atoms with E-state index < -0.39 is 28.8 Å². The van der Waals surface area contributed by atoms with E-state index in [2.05, 4.69) is 0 Å². The van der Waals surface area contributed by atoms with Gasteiger partial charge in [0.1, 0.15) is 11.6 Å². The van der Waals surface area contributed by atoms with Crippen molar-refractivity contribution in [1.82, 2.24) is 0 Å². The van der Waals surface area contributed by atoms with E-state index in [1.807, 2.05) is 0 Å². The molecule has 0 aliphatic heterocycles. The number of carbonyl (C=O) groups excluding carboxylic acids is 1. The summed E-state index contributed by atoms with van der Waals surface area (Å²) in [5, 5.41) is 0. The van der Waals surface area contributed by atoms with Crippen LogP contribution in [-0.2, 0) is 0 Å². The molecule has 0 aliphatic carbocycles. The van der Waals surface area contributed by atoms with Crippen molar-refractivity contribution in [1.29, 1.82) is 0 Å². The number of methoxy groups -OCH3 is 1. The molecule has 0 aromatic heterocycles. The molecule has 2 rings (SSSR count). The molecule has 2 nitrogen and oxygen atoms in total. The SMILES string of the molecule is COc1ccc(C(=O)c2c(F)cccc2F)cc1F. The van der Waals surface area contributed by atoms with Gasteiger partial charge in [0.15, 0.2) is 17.3 Å². The Morgan fingerprint density at radius 1 is 1.00 bits per heavy atom. The topological polar surface area (TPSA) is 26.3 Å². The van der Waals surface area contributed by atoms with Crippen molar-refractivity contribution in [2.75, 3.05) is 7.11 Å². The third-order valence-corrected chi connectivity index (χ3v) is 2.60. The van der Waals surface area contributed by atoms with Gasteiger partial charge in [0.25, 0.3) is 0 Å². The highest BCUT2D eigenvalue weighted by Crippen LogP contribution is 2.22. The molecule has 0 saturated carbocycles. The lowest BCUT2D eigenvalue weighted by molar-refractivity contribution is 0.103. The number of benzene rings is 2. The van der Waals surface area contributed by atoms with E-state index in [0.29, 0.717) is 0 Å². The minimum absolute atomic E-state index is 0.0504. The minimum Gasteiger partial charge on any atom is -0.494 e. The van der Waals surface area contributed by atoms with Crippen LogP contribution in [0.25, 0.3) is 0 Å². The molecule has 0 saturated heterocycles. The molecule has 19 heavy (non-hydrogen) atoms. The molecule has 2 aromatic carbocycles. The summed E-state index contributed by atoms with van der Waals surface area (Å²) < 4.78 is 45.1. The highest BCUT2D eigenvalue weighted by molar-refractivity contribution is 6.09. The second-order valence-corrected chi connectivity index (χ2v) is 3.78. The average Bonchev–Trinajstić information content (AvgIpc) is 2.38. The molecule has 0 N–H and O–H groups in total. The van der Waals surface area contributed by atoms with E-state index in [4.69, 9.17) is 4.74 Å². The number of carbonyl (C=O) groups is 1. The second-order valence-electron chi connectivity index (χ2n) is 3.78. The zero-order chi connectivity index (χ0) is 14.0. The Bertz CT molecular complexity index is 618. The van der Waals surface area contributed by atoms with Gasteiger partial charge in [0, 0.05) is 5.56 Å². The normalized spacial score (nSPS) is 10.3. The molecular weight excluding hydrogens is 257 g/mol. The molecule has 0 amide bonds. The summed E-state index contributed by atoms with van der Waals surface area (Å²) in [7, 11) is 1.27. The summed E-state index contributed by atoms with van der Waals surface area (Å²) in [6.45, 7) is 0. The number of halogens is 3. The third-order valence-electron chi connectivity index (χ3n) is 2.60. The van der Waals surface area contributed by atoms with Crippen LogP contribution < -0.4 is 4.74 Å². The first-order valence-corrected chi connectivity index (χ1v) is 5.37. The summed E-state index contributed by atoms with van der Waals surface area (Å²) in [5.74, 6) is -3.71. The largest absolute Gasteiger partial charge is 0.494 e. The Kier molecular flexibility index (Phi) is 3.55. The fourth-order valence-electron chi connectivity index (χ4n) is 1.67. The lowest BCUT2D eigenvalue weighted by Gasteiger charge is -2.06. The van der Waals surface area contributed by atoms with Crippen LogP contribution in [0, 0.1) is 17.5 Å². The highest BCUT2D eigenvalue weighted by Gasteiger charge is 2.19. The van der Waals surface area contributed by atoms with Gasteiger partial charge < -0.3 is 4.74 Å². The monoisotopic (exact) mass is 266 g/mol. The maximum absolute atomic E-state index is 13.5. The van der Waals surface area contributed by atoms with E-state index in [0.717, 1.165) is 24.3 Å². The van der Waals surface area contributed by atoms with Crippen molar-refractivity contribution >= 4 is 5.78 Å². The van der Waals surface area contributed by atoms with Gasteiger partial charge in [-0.3, -0.25) is 4.79 Å². The summed E-state index contributed by atoms with van der Waals surface area (Å²) in [5.41, 5.74) is -0.852. The molecule has 0 atom stereocenters. The van der Waals surface area contributed by atoms with Gasteiger partial charge in [0.2, 0.25) is 0 Å². The molecule has 0 radical (unpaired) electrons. The van der Waals surface area contributed by atoms with E-state index >= 15 is 0 Å². The Balaban J connectivity index is 2.48. The lowest BCUT2D eigenvalue weighted by Crippen LogP contribution is -2.08. The molecular formula is C14H9F3O2. The van der Waals surface area contributed by atoms with Crippen molar-refractivity contribution in [3.63, 3.8) is 0 Å². The Hall–Kier alpha value is -2.30. The van der Waals surface area contributed by atoms with Crippen LogP contribution in [0.3, 0.4) is 0 Å². The van der Waals surface area contributed by atoms with Crippen LogP contribution in [0.15, 0.2) is 36.4 Å². The highest BCUT2D eigenvalue weighted by atomic mass is 19.1. The number of ketones is 1. The van der Waals surface area contributed by atoms with Crippen molar-refractivity contribution in [2.24, 2.45) is 0 Å². The quantitative estimate of drug-likeness (QED) is 0.796. The summed E-state index contributed by atoms with van der Waals surface area (Å²) in [6, 6.07) is 6.44. The minimum atomic E-state index is -0.985. The molecule has 0 aliphatic rings. The van der Waals surface area contributed by atoms with Crippen LogP contribution in [0.2, 0.25) is 0 Å². The summed E-state index contributed by atoms with van der Waals surface area (Å²) in [4.78, 5) is 12.0. The smallest absolute Gasteiger partial charge is 0.199 e. The predicted octanol–water partition coefficient (Wildman–Crippen LogP) is 3.34. The van der Waals surface area contributed by atoms with Crippen LogP contribution in [-0.4, -0.2) is 12.9 Å². The van der Waals surface area contributed by atoms with E-state index in [1.54, 1.807) is 0 Å². The van der Waals surface area contributed by atoms with Crippen LogP contribution in [0.5, 0.6) is 5.75 Å². The predicted molar refractivity (Wildman–Crippen MR) is 62.7 cm³/mol. The van der Waals surface area contributed by atoms with Gasteiger partial charge in [-0.2, -0.15) is 0 Å². The zero-order valence-electron chi connectivity index (χ0n) is 9.91. The van der Waals surface area contributed by atoms with Gasteiger partial charge in [-0.15, -0.1) is 0 Å². The summed E-state index contributed by atoms with van der Waals surface area (Å²) in [6.07, 6.45) is 0. The maximum atomic E-state index is 13.5. The van der Waals surface area contributed by atoms with Gasteiger partial charge in [0.05, 0.1) is 12.7 Å². The van der Waals surface area contributed by atoms with Crippen molar-refractivity contribution in [2.45, 2.75) is 0 Å². The first-order chi connectivity index (χ1) is 9.04. The van der Waals surface area contributed by atoms with Crippen molar-refractivity contribution in [3.8, 4) is 5.75 Å². The fraction of sp³-hybridized carbons (Fsp3) is 0.0714. The third kappa shape index (κ3) is 2.45. The van der Waals surface area contributed by atoms with Crippen LogP contribution in [0.4, 0.5) is 13.2 Å². The summed E-state index contributed by atoms with van der Waals surface area (Å²) >= 11 is 0. The second kappa shape index (κ2) is 5.14. The van der Waals surface area contributed by atoms with E-state index in [9.17, 15) is 18.0 Å².